The van der Waals surface area contributed by atoms with Crippen molar-refractivity contribution in [1.82, 2.24) is 19.1 Å². The van der Waals surface area contributed by atoms with Gasteiger partial charge in [-0.15, -0.1) is 0 Å². The summed E-state index contributed by atoms with van der Waals surface area (Å²) in [6.45, 7) is 0. The second kappa shape index (κ2) is 9.88. The number of fused-ring (bicyclic) bond motifs is 6. The van der Waals surface area contributed by atoms with Crippen LogP contribution >= 0.6 is 11.8 Å². The van der Waals surface area contributed by atoms with Crippen LogP contribution in [-0.4, -0.2) is 19.1 Å². The Morgan fingerprint density at radius 1 is 0.488 bits per heavy atom. The highest BCUT2D eigenvalue weighted by atomic mass is 32.2. The van der Waals surface area contributed by atoms with E-state index in [0.717, 1.165) is 65.0 Å². The van der Waals surface area contributed by atoms with E-state index in [1.807, 2.05) is 84.9 Å². The number of para-hydroxylation sites is 2. The fourth-order valence-electron chi connectivity index (χ4n) is 5.92. The third-order valence-electron chi connectivity index (χ3n) is 7.77. The molecule has 0 fully saturated rings. The molecule has 200 valence electrons. The summed E-state index contributed by atoms with van der Waals surface area (Å²) < 4.78 is 4.26. The Labute approximate surface area is 250 Å². The van der Waals surface area contributed by atoms with Gasteiger partial charge in [0.05, 0.1) is 33.2 Å². The van der Waals surface area contributed by atoms with Crippen LogP contribution in [0.2, 0.25) is 0 Å². The zero-order valence-electron chi connectivity index (χ0n) is 22.6. The lowest BCUT2D eigenvalue weighted by Crippen LogP contribution is -1.97. The molecule has 0 aliphatic rings. The molecule has 6 nitrogen and oxygen atoms in total. The molecule has 0 saturated carbocycles. The van der Waals surface area contributed by atoms with E-state index < -0.39 is 0 Å². The lowest BCUT2D eigenvalue weighted by Gasteiger charge is -2.11. The molecule has 0 bridgehead atoms. The smallest absolute Gasteiger partial charge is 0.137 e. The van der Waals surface area contributed by atoms with Crippen LogP contribution in [0.3, 0.4) is 0 Å². The van der Waals surface area contributed by atoms with Crippen LogP contribution in [0, 0.1) is 22.7 Å². The molecule has 0 aliphatic carbocycles. The SMILES string of the molecule is N#Cc1cc2c3ccccc3n(-c3ccccn3)c2cc1Sc1cc2c(cc1C#N)c1ccccc1n2-c1ccccn1. The van der Waals surface area contributed by atoms with Crippen LogP contribution in [0.4, 0.5) is 0 Å². The van der Waals surface area contributed by atoms with Crippen molar-refractivity contribution in [3.05, 3.63) is 133 Å². The Kier molecular flexibility index (Phi) is 5.72. The number of benzene rings is 4. The van der Waals surface area contributed by atoms with Crippen molar-refractivity contribution in [3.63, 3.8) is 0 Å². The van der Waals surface area contributed by atoms with Gasteiger partial charge in [-0.25, -0.2) is 9.97 Å². The van der Waals surface area contributed by atoms with Crippen molar-refractivity contribution < 1.29 is 0 Å². The lowest BCUT2D eigenvalue weighted by molar-refractivity contribution is 1.08. The average Bonchev–Trinajstić information content (AvgIpc) is 3.56. The van der Waals surface area contributed by atoms with Crippen molar-refractivity contribution >= 4 is 55.4 Å². The van der Waals surface area contributed by atoms with E-state index in [1.54, 1.807) is 12.4 Å². The fraction of sp³-hybridized carbons (Fsp3) is 0. The monoisotopic (exact) mass is 568 g/mol. The molecule has 0 unspecified atom stereocenters. The first-order valence-corrected chi connectivity index (χ1v) is 14.5. The summed E-state index contributed by atoms with van der Waals surface area (Å²) in [4.78, 5) is 10.8. The first-order valence-electron chi connectivity index (χ1n) is 13.7. The van der Waals surface area contributed by atoms with Crippen LogP contribution in [-0.2, 0) is 0 Å². The molecule has 7 heteroatoms. The zero-order valence-corrected chi connectivity index (χ0v) is 23.5. The second-order valence-corrected chi connectivity index (χ2v) is 11.2. The summed E-state index contributed by atoms with van der Waals surface area (Å²) in [6.07, 6.45) is 3.56. The van der Waals surface area contributed by atoms with Crippen molar-refractivity contribution in [3.8, 4) is 23.8 Å². The second-order valence-electron chi connectivity index (χ2n) is 10.1. The van der Waals surface area contributed by atoms with Gasteiger partial charge in [0.2, 0.25) is 0 Å². The number of hydrogen-bond acceptors (Lipinski definition) is 5. The molecule has 0 N–H and O–H groups in total. The number of aromatic nitrogens is 4. The Hall–Kier alpha value is -5.89. The highest BCUT2D eigenvalue weighted by Crippen LogP contribution is 2.42. The maximum atomic E-state index is 10.3. The summed E-state index contributed by atoms with van der Waals surface area (Å²) >= 11 is 1.43. The van der Waals surface area contributed by atoms with E-state index in [1.165, 1.54) is 11.8 Å². The van der Waals surface area contributed by atoms with Crippen LogP contribution in [0.25, 0.3) is 55.2 Å². The van der Waals surface area contributed by atoms with Crippen molar-refractivity contribution in [2.75, 3.05) is 0 Å². The van der Waals surface area contributed by atoms with Gasteiger partial charge in [0, 0.05) is 43.7 Å². The standard InChI is InChI=1S/C36H20N6S/c37-21-23-17-27-25-9-1-3-11-29(25)41(35-13-5-7-15-39-35)31(27)19-33(23)43-34-20-32-28(18-24(34)22-38)26-10-2-4-12-30(26)42(32)36-14-6-8-16-40-36/h1-20H. The number of hydrogen-bond donors (Lipinski definition) is 0. The van der Waals surface area contributed by atoms with Gasteiger partial charge in [-0.05, 0) is 60.7 Å². The highest BCUT2D eigenvalue weighted by Gasteiger charge is 2.20. The van der Waals surface area contributed by atoms with Crippen LogP contribution in [0.5, 0.6) is 0 Å². The van der Waals surface area contributed by atoms with Gasteiger partial charge in [0.1, 0.15) is 23.8 Å². The summed E-state index contributed by atoms with van der Waals surface area (Å²) in [5.41, 5.74) is 5.03. The van der Waals surface area contributed by atoms with Crippen LogP contribution in [0.1, 0.15) is 11.1 Å². The first-order chi connectivity index (χ1) is 21.2. The molecule has 0 spiro atoms. The Morgan fingerprint density at radius 3 is 1.35 bits per heavy atom. The minimum atomic E-state index is 0.552. The van der Waals surface area contributed by atoms with Crippen molar-refractivity contribution in [1.29, 1.82) is 10.5 Å². The highest BCUT2D eigenvalue weighted by molar-refractivity contribution is 7.99. The third kappa shape index (κ3) is 3.88. The van der Waals surface area contributed by atoms with Gasteiger partial charge in [-0.1, -0.05) is 60.3 Å². The molecule has 4 heterocycles. The number of nitrogens with zero attached hydrogens (tertiary/aromatic N) is 6. The first kappa shape index (κ1) is 24.9. The van der Waals surface area contributed by atoms with Crippen LogP contribution in [0.15, 0.2) is 131 Å². The van der Waals surface area contributed by atoms with Gasteiger partial charge in [0.25, 0.3) is 0 Å². The molecular formula is C36H20N6S. The number of rotatable bonds is 4. The summed E-state index contributed by atoms with van der Waals surface area (Å²) in [5.74, 6) is 1.60. The molecular weight excluding hydrogens is 549 g/mol. The van der Waals surface area contributed by atoms with E-state index in [0.29, 0.717) is 11.1 Å². The normalized spacial score (nSPS) is 11.3. The molecule has 0 atom stereocenters. The topological polar surface area (TPSA) is 83.2 Å². The van der Waals surface area contributed by atoms with E-state index in [2.05, 4.69) is 55.5 Å². The maximum Gasteiger partial charge on any atom is 0.137 e. The van der Waals surface area contributed by atoms with Gasteiger partial charge in [-0.2, -0.15) is 10.5 Å². The third-order valence-corrected chi connectivity index (χ3v) is 8.88. The molecule has 8 aromatic rings. The number of pyridine rings is 2. The Morgan fingerprint density at radius 2 is 0.930 bits per heavy atom. The molecule has 0 radical (unpaired) electrons. The van der Waals surface area contributed by atoms with Gasteiger partial charge < -0.3 is 0 Å². The molecule has 43 heavy (non-hydrogen) atoms. The number of nitriles is 2. The minimum Gasteiger partial charge on any atom is -0.294 e. The van der Waals surface area contributed by atoms with E-state index in [9.17, 15) is 10.5 Å². The summed E-state index contributed by atoms with van der Waals surface area (Å²) in [6, 6.07) is 40.8. The minimum absolute atomic E-state index is 0.552. The fourth-order valence-corrected chi connectivity index (χ4v) is 6.93. The maximum absolute atomic E-state index is 10.3. The van der Waals surface area contributed by atoms with Gasteiger partial charge in [0.15, 0.2) is 0 Å². The molecule has 0 amide bonds. The molecule has 0 aliphatic heterocycles. The zero-order chi connectivity index (χ0) is 28.9. The predicted octanol–water partition coefficient (Wildman–Crippen LogP) is 8.57. The van der Waals surface area contributed by atoms with E-state index in [4.69, 9.17) is 0 Å². The summed E-state index contributed by atoms with van der Waals surface area (Å²) in [5, 5.41) is 24.6. The van der Waals surface area contributed by atoms with Gasteiger partial charge in [-0.3, -0.25) is 9.13 Å². The predicted molar refractivity (Wildman–Crippen MR) is 171 cm³/mol. The van der Waals surface area contributed by atoms with Crippen molar-refractivity contribution in [2.24, 2.45) is 0 Å². The Bertz CT molecular complexity index is 2270. The lowest BCUT2D eigenvalue weighted by atomic mass is 10.1. The van der Waals surface area contributed by atoms with Crippen molar-refractivity contribution in [2.45, 2.75) is 9.79 Å². The largest absolute Gasteiger partial charge is 0.294 e. The average molecular weight is 569 g/mol. The molecule has 4 aromatic heterocycles. The molecule has 8 rings (SSSR count). The Balaban J connectivity index is 1.38. The molecule has 4 aromatic carbocycles. The molecule has 0 saturated heterocycles. The van der Waals surface area contributed by atoms with E-state index >= 15 is 0 Å². The quantitative estimate of drug-likeness (QED) is 0.212. The van der Waals surface area contributed by atoms with Gasteiger partial charge >= 0.3 is 0 Å². The van der Waals surface area contributed by atoms with E-state index in [-0.39, 0.29) is 0 Å². The summed E-state index contributed by atoms with van der Waals surface area (Å²) in [7, 11) is 0. The van der Waals surface area contributed by atoms with Crippen LogP contribution < -0.4 is 0 Å².